The lowest BCUT2D eigenvalue weighted by Crippen LogP contribution is -2.23. The molecule has 5 heteroatoms. The molecule has 0 spiro atoms. The van der Waals surface area contributed by atoms with E-state index in [4.69, 9.17) is 5.11 Å². The molecular weight excluding hydrogens is 268 g/mol. The van der Waals surface area contributed by atoms with Crippen molar-refractivity contribution in [3.63, 3.8) is 0 Å². The van der Waals surface area contributed by atoms with Gasteiger partial charge in [-0.25, -0.2) is 0 Å². The summed E-state index contributed by atoms with van der Waals surface area (Å²) in [5.74, 6) is 0. The van der Waals surface area contributed by atoms with Gasteiger partial charge in [-0.15, -0.1) is 0 Å². The van der Waals surface area contributed by atoms with Crippen molar-refractivity contribution in [2.75, 3.05) is 11.4 Å². The second kappa shape index (κ2) is 6.85. The predicted octanol–water partition coefficient (Wildman–Crippen LogP) is 3.11. The van der Waals surface area contributed by atoms with E-state index in [1.165, 1.54) is 6.07 Å². The van der Waals surface area contributed by atoms with Crippen molar-refractivity contribution in [1.82, 2.24) is 0 Å². The zero-order chi connectivity index (χ0) is 15.2. The molecule has 0 heterocycles. The van der Waals surface area contributed by atoms with Crippen LogP contribution in [0.3, 0.4) is 0 Å². The van der Waals surface area contributed by atoms with E-state index in [2.05, 4.69) is 0 Å². The number of rotatable bonds is 6. The zero-order valence-corrected chi connectivity index (χ0v) is 11.9. The molecule has 0 unspecified atom stereocenters. The molecule has 21 heavy (non-hydrogen) atoms. The van der Waals surface area contributed by atoms with Crippen LogP contribution in [0.5, 0.6) is 0 Å². The minimum absolute atomic E-state index is 0.0272. The molecule has 0 bridgehead atoms. The van der Waals surface area contributed by atoms with Crippen molar-refractivity contribution >= 4 is 11.4 Å². The maximum atomic E-state index is 11.3. The molecule has 0 fully saturated rings. The van der Waals surface area contributed by atoms with Gasteiger partial charge in [0.25, 0.3) is 5.69 Å². The van der Waals surface area contributed by atoms with Crippen molar-refractivity contribution in [3.05, 3.63) is 69.8 Å². The van der Waals surface area contributed by atoms with Crippen LogP contribution in [0.4, 0.5) is 11.4 Å². The first-order valence-corrected chi connectivity index (χ1v) is 6.82. The number of hydrogen-bond donors (Lipinski definition) is 1. The van der Waals surface area contributed by atoms with E-state index < -0.39 is 4.92 Å². The maximum absolute atomic E-state index is 11.3. The average molecular weight is 286 g/mol. The number of aliphatic hydroxyl groups excluding tert-OH is 1. The predicted molar refractivity (Wildman–Crippen MR) is 82.2 cm³/mol. The third-order valence-corrected chi connectivity index (χ3v) is 3.36. The summed E-state index contributed by atoms with van der Waals surface area (Å²) in [6.07, 6.45) is 0. The summed E-state index contributed by atoms with van der Waals surface area (Å²) in [6.45, 7) is 3.03. The molecule has 0 aliphatic rings. The van der Waals surface area contributed by atoms with Crippen LogP contribution in [0.25, 0.3) is 0 Å². The van der Waals surface area contributed by atoms with E-state index >= 15 is 0 Å². The molecule has 0 radical (unpaired) electrons. The van der Waals surface area contributed by atoms with Gasteiger partial charge in [-0.05, 0) is 24.1 Å². The van der Waals surface area contributed by atoms with Crippen LogP contribution in [-0.4, -0.2) is 16.6 Å². The van der Waals surface area contributed by atoms with Gasteiger partial charge >= 0.3 is 0 Å². The summed E-state index contributed by atoms with van der Waals surface area (Å²) in [5.41, 5.74) is 2.24. The Labute approximate surface area is 123 Å². The molecule has 1 N–H and O–H groups in total. The van der Waals surface area contributed by atoms with Gasteiger partial charge in [0.15, 0.2) is 0 Å². The standard InChI is InChI=1S/C16H18N2O3/c1-2-17(11-13-6-4-3-5-7-13)15-9-8-14(12-19)10-16(15)18(20)21/h3-10,19H,2,11-12H2,1H3. The fourth-order valence-corrected chi connectivity index (χ4v) is 2.25. The van der Waals surface area contributed by atoms with Crippen molar-refractivity contribution in [2.24, 2.45) is 0 Å². The van der Waals surface area contributed by atoms with Gasteiger partial charge in [0.1, 0.15) is 5.69 Å². The number of aliphatic hydroxyl groups is 1. The van der Waals surface area contributed by atoms with Crippen molar-refractivity contribution in [2.45, 2.75) is 20.1 Å². The second-order valence-electron chi connectivity index (χ2n) is 4.74. The zero-order valence-electron chi connectivity index (χ0n) is 11.9. The van der Waals surface area contributed by atoms with Crippen LogP contribution >= 0.6 is 0 Å². The first-order valence-electron chi connectivity index (χ1n) is 6.82. The Morgan fingerprint density at radius 3 is 2.43 bits per heavy atom. The monoisotopic (exact) mass is 286 g/mol. The van der Waals surface area contributed by atoms with E-state index in [0.717, 1.165) is 5.56 Å². The van der Waals surface area contributed by atoms with Gasteiger partial charge in [0.2, 0.25) is 0 Å². The number of nitrogens with zero attached hydrogens (tertiary/aromatic N) is 2. The Morgan fingerprint density at radius 1 is 1.14 bits per heavy atom. The lowest BCUT2D eigenvalue weighted by Gasteiger charge is -2.23. The van der Waals surface area contributed by atoms with Gasteiger partial charge in [0.05, 0.1) is 11.5 Å². The Balaban J connectivity index is 2.35. The van der Waals surface area contributed by atoms with Crippen molar-refractivity contribution < 1.29 is 10.0 Å². The minimum atomic E-state index is -0.401. The van der Waals surface area contributed by atoms with Crippen LogP contribution in [0.2, 0.25) is 0 Å². The van der Waals surface area contributed by atoms with Crippen LogP contribution < -0.4 is 4.90 Å². The van der Waals surface area contributed by atoms with Gasteiger partial charge in [0, 0.05) is 19.2 Å². The molecule has 5 nitrogen and oxygen atoms in total. The molecule has 0 saturated heterocycles. The number of anilines is 1. The van der Waals surface area contributed by atoms with Crippen LogP contribution in [0, 0.1) is 10.1 Å². The molecular formula is C16H18N2O3. The number of benzene rings is 2. The molecule has 0 atom stereocenters. The van der Waals surface area contributed by atoms with Crippen molar-refractivity contribution in [3.8, 4) is 0 Å². The Morgan fingerprint density at radius 2 is 1.86 bits per heavy atom. The Bertz CT molecular complexity index is 614. The summed E-state index contributed by atoms with van der Waals surface area (Å²) in [4.78, 5) is 12.8. The van der Waals surface area contributed by atoms with E-state index in [0.29, 0.717) is 24.3 Å². The van der Waals surface area contributed by atoms with Crippen LogP contribution in [-0.2, 0) is 13.2 Å². The quantitative estimate of drug-likeness (QED) is 0.654. The molecule has 0 aliphatic heterocycles. The molecule has 2 aromatic carbocycles. The molecule has 2 rings (SSSR count). The topological polar surface area (TPSA) is 66.6 Å². The second-order valence-corrected chi connectivity index (χ2v) is 4.74. The summed E-state index contributed by atoms with van der Waals surface area (Å²) in [7, 11) is 0. The first-order chi connectivity index (χ1) is 10.2. The lowest BCUT2D eigenvalue weighted by molar-refractivity contribution is -0.384. The van der Waals surface area contributed by atoms with Crippen LogP contribution in [0.1, 0.15) is 18.1 Å². The van der Waals surface area contributed by atoms with E-state index in [-0.39, 0.29) is 12.3 Å². The fourth-order valence-electron chi connectivity index (χ4n) is 2.25. The van der Waals surface area contributed by atoms with Gasteiger partial charge in [-0.2, -0.15) is 0 Å². The molecule has 2 aromatic rings. The minimum Gasteiger partial charge on any atom is -0.392 e. The molecule has 0 aliphatic carbocycles. The Hall–Kier alpha value is -2.40. The first kappa shape index (κ1) is 15.0. The highest BCUT2D eigenvalue weighted by molar-refractivity contribution is 5.64. The third kappa shape index (κ3) is 3.58. The summed E-state index contributed by atoms with van der Waals surface area (Å²) >= 11 is 0. The molecule has 0 saturated carbocycles. The summed E-state index contributed by atoms with van der Waals surface area (Å²) < 4.78 is 0. The largest absolute Gasteiger partial charge is 0.392 e. The van der Waals surface area contributed by atoms with Gasteiger partial charge in [-0.3, -0.25) is 10.1 Å². The van der Waals surface area contributed by atoms with Crippen LogP contribution in [0.15, 0.2) is 48.5 Å². The highest BCUT2D eigenvalue weighted by Crippen LogP contribution is 2.30. The normalized spacial score (nSPS) is 10.4. The Kier molecular flexibility index (Phi) is 4.90. The fraction of sp³-hybridized carbons (Fsp3) is 0.250. The maximum Gasteiger partial charge on any atom is 0.292 e. The van der Waals surface area contributed by atoms with E-state index in [1.807, 2.05) is 42.2 Å². The average Bonchev–Trinajstić information content (AvgIpc) is 2.53. The molecule has 0 aromatic heterocycles. The number of nitro groups is 1. The highest BCUT2D eigenvalue weighted by Gasteiger charge is 2.19. The van der Waals surface area contributed by atoms with E-state index in [9.17, 15) is 10.1 Å². The van der Waals surface area contributed by atoms with Crippen molar-refractivity contribution in [1.29, 1.82) is 0 Å². The molecule has 110 valence electrons. The van der Waals surface area contributed by atoms with E-state index in [1.54, 1.807) is 12.1 Å². The highest BCUT2D eigenvalue weighted by atomic mass is 16.6. The number of nitro benzene ring substituents is 1. The SMILES string of the molecule is CCN(Cc1ccccc1)c1ccc(CO)cc1[N+](=O)[O-]. The van der Waals surface area contributed by atoms with Gasteiger partial charge < -0.3 is 10.0 Å². The molecule has 0 amide bonds. The van der Waals surface area contributed by atoms with Gasteiger partial charge in [-0.1, -0.05) is 36.4 Å². The number of hydrogen-bond acceptors (Lipinski definition) is 4. The third-order valence-electron chi connectivity index (χ3n) is 3.36. The smallest absolute Gasteiger partial charge is 0.292 e. The lowest BCUT2D eigenvalue weighted by atomic mass is 10.1. The summed E-state index contributed by atoms with van der Waals surface area (Å²) in [6, 6.07) is 14.7. The summed E-state index contributed by atoms with van der Waals surface area (Å²) in [5, 5.41) is 20.4.